The third kappa shape index (κ3) is 8.31. The molecule has 21 heavy (non-hydrogen) atoms. The van der Waals surface area contributed by atoms with E-state index >= 15 is 0 Å². The van der Waals surface area contributed by atoms with Gasteiger partial charge >= 0.3 is 6.18 Å². The molecule has 0 amide bonds. The van der Waals surface area contributed by atoms with Crippen LogP contribution in [0.5, 0.6) is 0 Å². The minimum Gasteiger partial charge on any atom is -0.313 e. The molecule has 0 aliphatic carbocycles. The number of hydrogen-bond acceptors (Lipinski definition) is 2. The molecular formula is C15H21F4NS. The van der Waals surface area contributed by atoms with Gasteiger partial charge in [0, 0.05) is 23.1 Å². The summed E-state index contributed by atoms with van der Waals surface area (Å²) >= 11 is 1.34. The second-order valence-electron chi connectivity index (χ2n) is 4.90. The zero-order chi connectivity index (χ0) is 15.7. The van der Waals surface area contributed by atoms with Gasteiger partial charge in [-0.2, -0.15) is 13.2 Å². The first kappa shape index (κ1) is 18.3. The van der Waals surface area contributed by atoms with E-state index in [9.17, 15) is 17.6 Å². The average Bonchev–Trinajstić information content (AvgIpc) is 2.41. The molecule has 1 N–H and O–H groups in total. The molecule has 0 heterocycles. The van der Waals surface area contributed by atoms with Crippen LogP contribution in [-0.2, 0) is 0 Å². The van der Waals surface area contributed by atoms with Gasteiger partial charge in [0.15, 0.2) is 0 Å². The number of hydrogen-bond donors (Lipinski definition) is 1. The fourth-order valence-corrected chi connectivity index (χ4v) is 2.94. The molecule has 0 fully saturated rings. The Morgan fingerprint density at radius 2 is 1.95 bits per heavy atom. The van der Waals surface area contributed by atoms with Crippen molar-refractivity contribution in [2.75, 3.05) is 12.3 Å². The fraction of sp³-hybridized carbons (Fsp3) is 0.600. The topological polar surface area (TPSA) is 12.0 Å². The molecule has 0 aliphatic heterocycles. The summed E-state index contributed by atoms with van der Waals surface area (Å²) in [5, 5.41) is 3.23. The van der Waals surface area contributed by atoms with E-state index in [1.54, 1.807) is 18.2 Å². The minimum atomic E-state index is -4.10. The molecule has 1 unspecified atom stereocenters. The molecule has 1 nitrogen and oxygen atoms in total. The van der Waals surface area contributed by atoms with Crippen molar-refractivity contribution in [2.45, 2.75) is 49.7 Å². The van der Waals surface area contributed by atoms with Crippen molar-refractivity contribution in [3.8, 4) is 0 Å². The maximum Gasteiger partial charge on any atom is 0.389 e. The van der Waals surface area contributed by atoms with Gasteiger partial charge in [-0.25, -0.2) is 4.39 Å². The number of thioether (sulfide) groups is 1. The van der Waals surface area contributed by atoms with Crippen molar-refractivity contribution < 1.29 is 17.6 Å². The van der Waals surface area contributed by atoms with Gasteiger partial charge in [0.2, 0.25) is 0 Å². The van der Waals surface area contributed by atoms with Gasteiger partial charge in [0.05, 0.1) is 0 Å². The van der Waals surface area contributed by atoms with E-state index in [0.29, 0.717) is 17.1 Å². The highest BCUT2D eigenvalue weighted by Crippen LogP contribution is 2.25. The lowest BCUT2D eigenvalue weighted by molar-refractivity contribution is -0.135. The van der Waals surface area contributed by atoms with Crippen molar-refractivity contribution in [3.05, 3.63) is 30.1 Å². The van der Waals surface area contributed by atoms with Crippen molar-refractivity contribution in [1.29, 1.82) is 0 Å². The van der Waals surface area contributed by atoms with E-state index in [4.69, 9.17) is 0 Å². The molecule has 0 saturated heterocycles. The lowest BCUT2D eigenvalue weighted by Gasteiger charge is -2.18. The summed E-state index contributed by atoms with van der Waals surface area (Å²) in [6.07, 6.45) is -3.40. The number of nitrogens with one attached hydrogen (secondary N) is 1. The summed E-state index contributed by atoms with van der Waals surface area (Å²) < 4.78 is 50.1. The second kappa shape index (κ2) is 9.30. The van der Waals surface area contributed by atoms with E-state index in [1.807, 2.05) is 6.92 Å². The molecule has 0 spiro atoms. The highest BCUT2D eigenvalue weighted by molar-refractivity contribution is 7.99. The normalized spacial score (nSPS) is 13.4. The molecule has 1 atom stereocenters. The van der Waals surface area contributed by atoms with Crippen LogP contribution in [0, 0.1) is 5.82 Å². The zero-order valence-corrected chi connectivity index (χ0v) is 12.9. The lowest BCUT2D eigenvalue weighted by atomic mass is 10.1. The maximum absolute atomic E-state index is 13.5. The Kier molecular flexibility index (Phi) is 8.11. The molecule has 0 bridgehead atoms. The third-order valence-corrected chi connectivity index (χ3v) is 4.18. The molecule has 1 aromatic rings. The summed E-state index contributed by atoms with van der Waals surface area (Å²) in [5.41, 5.74) is 0. The van der Waals surface area contributed by atoms with E-state index in [0.717, 1.165) is 13.0 Å². The highest BCUT2D eigenvalue weighted by Gasteiger charge is 2.26. The molecule has 1 aromatic carbocycles. The minimum absolute atomic E-state index is 0.0306. The van der Waals surface area contributed by atoms with E-state index in [2.05, 4.69) is 5.32 Å². The predicted octanol–water partition coefficient (Wildman–Crippen LogP) is 5.02. The Morgan fingerprint density at radius 1 is 1.24 bits per heavy atom. The number of alkyl halides is 3. The fourth-order valence-electron chi connectivity index (χ4n) is 1.89. The Morgan fingerprint density at radius 3 is 2.57 bits per heavy atom. The summed E-state index contributed by atoms with van der Waals surface area (Å²) in [5.74, 6) is 0.283. The van der Waals surface area contributed by atoms with Gasteiger partial charge in [0.25, 0.3) is 0 Å². The quantitative estimate of drug-likeness (QED) is 0.506. The van der Waals surface area contributed by atoms with Gasteiger partial charge in [0.1, 0.15) is 5.82 Å². The molecule has 1 rings (SSSR count). The van der Waals surface area contributed by atoms with Gasteiger partial charge < -0.3 is 5.32 Å². The van der Waals surface area contributed by atoms with Crippen LogP contribution in [0.1, 0.15) is 32.6 Å². The molecule has 6 heteroatoms. The lowest BCUT2D eigenvalue weighted by Crippen LogP contribution is -2.32. The van der Waals surface area contributed by atoms with Crippen LogP contribution in [-0.4, -0.2) is 24.5 Å². The first-order valence-corrected chi connectivity index (χ1v) is 8.08. The molecule has 0 aromatic heterocycles. The largest absolute Gasteiger partial charge is 0.389 e. The monoisotopic (exact) mass is 323 g/mol. The predicted molar refractivity (Wildman–Crippen MR) is 79.1 cm³/mol. The van der Waals surface area contributed by atoms with Crippen molar-refractivity contribution in [1.82, 2.24) is 5.32 Å². The van der Waals surface area contributed by atoms with E-state index in [-0.39, 0.29) is 18.3 Å². The Labute approximate surface area is 127 Å². The van der Waals surface area contributed by atoms with E-state index in [1.165, 1.54) is 17.8 Å². The van der Waals surface area contributed by atoms with Crippen LogP contribution < -0.4 is 5.32 Å². The van der Waals surface area contributed by atoms with Gasteiger partial charge in [-0.3, -0.25) is 0 Å². The SMILES string of the molecule is CCCNC(CCCC(F)(F)F)CSc1ccccc1F. The van der Waals surface area contributed by atoms with Gasteiger partial charge in [-0.15, -0.1) is 11.8 Å². The van der Waals surface area contributed by atoms with Crippen LogP contribution >= 0.6 is 11.8 Å². The second-order valence-corrected chi connectivity index (χ2v) is 5.96. The Hall–Kier alpha value is -0.750. The van der Waals surface area contributed by atoms with Crippen LogP contribution in [0.3, 0.4) is 0 Å². The smallest absolute Gasteiger partial charge is 0.313 e. The van der Waals surface area contributed by atoms with Gasteiger partial charge in [-0.05, 0) is 37.9 Å². The number of benzene rings is 1. The molecule has 0 radical (unpaired) electrons. The molecular weight excluding hydrogens is 302 g/mol. The van der Waals surface area contributed by atoms with Crippen molar-refractivity contribution in [3.63, 3.8) is 0 Å². The zero-order valence-electron chi connectivity index (χ0n) is 12.0. The van der Waals surface area contributed by atoms with Crippen molar-refractivity contribution >= 4 is 11.8 Å². The van der Waals surface area contributed by atoms with Gasteiger partial charge in [-0.1, -0.05) is 19.1 Å². The van der Waals surface area contributed by atoms with Crippen molar-refractivity contribution in [2.24, 2.45) is 0 Å². The third-order valence-electron chi connectivity index (χ3n) is 2.97. The molecule has 0 aliphatic rings. The summed E-state index contributed by atoms with van der Waals surface area (Å²) in [7, 11) is 0. The van der Waals surface area contributed by atoms with Crippen LogP contribution in [0.4, 0.5) is 17.6 Å². The standard InChI is InChI=1S/C15H21F4NS/c1-2-10-20-12(6-5-9-15(17,18)19)11-21-14-8-4-3-7-13(14)16/h3-4,7-8,12,20H,2,5-6,9-11H2,1H3. The number of rotatable bonds is 9. The maximum atomic E-state index is 13.5. The van der Waals surface area contributed by atoms with Crippen LogP contribution in [0.15, 0.2) is 29.2 Å². The van der Waals surface area contributed by atoms with Crippen LogP contribution in [0.2, 0.25) is 0 Å². The molecule has 120 valence electrons. The van der Waals surface area contributed by atoms with E-state index < -0.39 is 12.6 Å². The Balaban J connectivity index is 2.44. The highest BCUT2D eigenvalue weighted by atomic mass is 32.2. The van der Waals surface area contributed by atoms with Crippen LogP contribution in [0.25, 0.3) is 0 Å². The number of halogens is 4. The summed E-state index contributed by atoms with van der Waals surface area (Å²) in [6.45, 7) is 2.76. The summed E-state index contributed by atoms with van der Waals surface area (Å²) in [4.78, 5) is 0.539. The first-order valence-electron chi connectivity index (χ1n) is 7.10. The molecule has 0 saturated carbocycles. The summed E-state index contributed by atoms with van der Waals surface area (Å²) in [6, 6.07) is 6.42. The average molecular weight is 323 g/mol. The first-order chi connectivity index (χ1) is 9.92. The Bertz CT molecular complexity index is 409.